The first-order chi connectivity index (χ1) is 7.49. The van der Waals surface area contributed by atoms with E-state index in [4.69, 9.17) is 11.1 Å². The van der Waals surface area contributed by atoms with Gasteiger partial charge in [-0.1, -0.05) is 40.5 Å². The molecule has 0 bridgehead atoms. The van der Waals surface area contributed by atoms with Crippen molar-refractivity contribution >= 4 is 5.84 Å². The van der Waals surface area contributed by atoms with Gasteiger partial charge in [-0.3, -0.25) is 5.41 Å². The fraction of sp³-hybridized carbons (Fsp3) is 0.923. The molecule has 16 heavy (non-hydrogen) atoms. The number of nitrogens with two attached hydrogens (primary N) is 1. The van der Waals surface area contributed by atoms with Crippen molar-refractivity contribution in [2.75, 3.05) is 19.6 Å². The van der Waals surface area contributed by atoms with E-state index in [9.17, 15) is 0 Å². The van der Waals surface area contributed by atoms with Crippen LogP contribution in [0.1, 0.15) is 47.0 Å². The maximum Gasteiger partial charge on any atom is 0.0918 e. The lowest BCUT2D eigenvalue weighted by molar-refractivity contribution is 0.207. The molecule has 0 radical (unpaired) electrons. The van der Waals surface area contributed by atoms with Crippen molar-refractivity contribution in [3.05, 3.63) is 0 Å². The first kappa shape index (κ1) is 15.4. The molecule has 0 fully saturated rings. The van der Waals surface area contributed by atoms with Crippen LogP contribution in [-0.2, 0) is 0 Å². The molecular formula is C13H29N3. The van der Waals surface area contributed by atoms with Crippen molar-refractivity contribution in [3.8, 4) is 0 Å². The normalized spacial score (nSPS) is 11.7. The number of hydrogen-bond donors (Lipinski definition) is 2. The Morgan fingerprint density at radius 1 is 1.19 bits per heavy atom. The van der Waals surface area contributed by atoms with Crippen molar-refractivity contribution in [1.29, 1.82) is 5.41 Å². The maximum atomic E-state index is 7.29. The summed E-state index contributed by atoms with van der Waals surface area (Å²) in [5.41, 5.74) is 5.42. The van der Waals surface area contributed by atoms with Crippen molar-refractivity contribution in [3.63, 3.8) is 0 Å². The number of nitrogens with one attached hydrogen (secondary N) is 1. The summed E-state index contributed by atoms with van der Waals surface area (Å²) in [6.45, 7) is 12.2. The van der Waals surface area contributed by atoms with Gasteiger partial charge in [-0.2, -0.15) is 0 Å². The van der Waals surface area contributed by atoms with Crippen LogP contribution in [0.15, 0.2) is 0 Å². The molecule has 0 aromatic rings. The fourth-order valence-electron chi connectivity index (χ4n) is 1.96. The molecule has 96 valence electrons. The Labute approximate surface area is 101 Å². The summed E-state index contributed by atoms with van der Waals surface area (Å²) in [4.78, 5) is 2.46. The van der Waals surface area contributed by atoms with Gasteiger partial charge in [-0.05, 0) is 11.8 Å². The van der Waals surface area contributed by atoms with Crippen LogP contribution >= 0.6 is 0 Å². The largest absolute Gasteiger partial charge is 0.388 e. The van der Waals surface area contributed by atoms with Crippen LogP contribution < -0.4 is 5.73 Å². The molecule has 0 unspecified atom stereocenters. The molecule has 3 nitrogen and oxygen atoms in total. The highest BCUT2D eigenvalue weighted by atomic mass is 15.1. The summed E-state index contributed by atoms with van der Waals surface area (Å²) in [6, 6.07) is 0. The second-order valence-electron chi connectivity index (χ2n) is 5.11. The van der Waals surface area contributed by atoms with Crippen LogP contribution in [0.25, 0.3) is 0 Å². The Kier molecular flexibility index (Phi) is 8.26. The van der Waals surface area contributed by atoms with Crippen LogP contribution in [0.5, 0.6) is 0 Å². The number of rotatable bonds is 9. The molecule has 0 saturated carbocycles. The first-order valence-corrected chi connectivity index (χ1v) is 6.54. The zero-order valence-corrected chi connectivity index (χ0v) is 11.4. The van der Waals surface area contributed by atoms with Crippen LogP contribution in [0, 0.1) is 17.2 Å². The lowest BCUT2D eigenvalue weighted by atomic mass is 10.0. The Morgan fingerprint density at radius 3 is 2.12 bits per heavy atom. The summed E-state index contributed by atoms with van der Waals surface area (Å²) in [6.07, 6.45) is 3.18. The molecule has 0 amide bonds. The molecule has 0 rings (SSSR count). The third-order valence-electron chi connectivity index (χ3n) is 2.99. The van der Waals surface area contributed by atoms with Gasteiger partial charge >= 0.3 is 0 Å². The zero-order valence-electron chi connectivity index (χ0n) is 11.4. The molecule has 0 heterocycles. The van der Waals surface area contributed by atoms with Crippen LogP contribution in [-0.4, -0.2) is 30.4 Å². The lowest BCUT2D eigenvalue weighted by Crippen LogP contribution is -2.35. The fourth-order valence-corrected chi connectivity index (χ4v) is 1.96. The summed E-state index contributed by atoms with van der Waals surface area (Å²) in [7, 11) is 0. The van der Waals surface area contributed by atoms with E-state index in [2.05, 4.69) is 32.6 Å². The SMILES string of the molecule is CCC(CC)CN(CCC(=N)N)CC(C)C. The molecule has 0 aromatic carbocycles. The zero-order chi connectivity index (χ0) is 12.6. The van der Waals surface area contributed by atoms with E-state index < -0.39 is 0 Å². The molecule has 3 heteroatoms. The Balaban J connectivity index is 4.12. The van der Waals surface area contributed by atoms with Gasteiger partial charge < -0.3 is 10.6 Å². The third-order valence-corrected chi connectivity index (χ3v) is 2.99. The van der Waals surface area contributed by atoms with Gasteiger partial charge in [0.2, 0.25) is 0 Å². The molecule has 0 aromatic heterocycles. The molecule has 0 aliphatic rings. The standard InChI is InChI=1S/C13H29N3/c1-5-12(6-2)10-16(9-11(3)4)8-7-13(14)15/h11-12H,5-10H2,1-4H3,(H3,14,15). The van der Waals surface area contributed by atoms with Crippen LogP contribution in [0.2, 0.25) is 0 Å². The van der Waals surface area contributed by atoms with E-state index >= 15 is 0 Å². The van der Waals surface area contributed by atoms with E-state index in [1.165, 1.54) is 12.8 Å². The quantitative estimate of drug-likeness (QED) is 0.470. The second kappa shape index (κ2) is 8.57. The minimum Gasteiger partial charge on any atom is -0.388 e. The Bertz CT molecular complexity index is 186. The number of hydrogen-bond acceptors (Lipinski definition) is 2. The molecule has 0 aliphatic heterocycles. The van der Waals surface area contributed by atoms with Gasteiger partial charge in [0, 0.05) is 26.1 Å². The van der Waals surface area contributed by atoms with Crippen LogP contribution in [0.4, 0.5) is 0 Å². The molecule has 3 N–H and O–H groups in total. The second-order valence-corrected chi connectivity index (χ2v) is 5.11. The van der Waals surface area contributed by atoms with Crippen molar-refractivity contribution in [2.45, 2.75) is 47.0 Å². The molecular weight excluding hydrogens is 198 g/mol. The maximum absolute atomic E-state index is 7.29. The minimum atomic E-state index is 0.304. The molecule has 0 saturated heterocycles. The van der Waals surface area contributed by atoms with E-state index in [1.807, 2.05) is 0 Å². The predicted octanol–water partition coefficient (Wildman–Crippen LogP) is 2.71. The monoisotopic (exact) mass is 227 g/mol. The van der Waals surface area contributed by atoms with Gasteiger partial charge in [-0.25, -0.2) is 0 Å². The van der Waals surface area contributed by atoms with Gasteiger partial charge in [0.15, 0.2) is 0 Å². The molecule has 0 spiro atoms. The average molecular weight is 227 g/mol. The van der Waals surface area contributed by atoms with E-state index in [0.717, 1.165) is 25.6 Å². The summed E-state index contributed by atoms with van der Waals surface area (Å²) < 4.78 is 0. The van der Waals surface area contributed by atoms with Crippen molar-refractivity contribution in [1.82, 2.24) is 4.90 Å². The molecule has 0 atom stereocenters. The number of nitrogens with zero attached hydrogens (tertiary/aromatic N) is 1. The highest BCUT2D eigenvalue weighted by Crippen LogP contribution is 2.11. The van der Waals surface area contributed by atoms with Crippen LogP contribution in [0.3, 0.4) is 0 Å². The third kappa shape index (κ3) is 7.69. The lowest BCUT2D eigenvalue weighted by Gasteiger charge is -2.27. The Hall–Kier alpha value is -0.570. The first-order valence-electron chi connectivity index (χ1n) is 6.54. The Morgan fingerprint density at radius 2 is 1.75 bits per heavy atom. The van der Waals surface area contributed by atoms with E-state index in [-0.39, 0.29) is 0 Å². The molecule has 0 aliphatic carbocycles. The number of amidine groups is 1. The average Bonchev–Trinajstić information content (AvgIpc) is 2.21. The topological polar surface area (TPSA) is 53.1 Å². The summed E-state index contributed by atoms with van der Waals surface area (Å²) in [5, 5.41) is 7.29. The highest BCUT2D eigenvalue weighted by molar-refractivity contribution is 5.76. The highest BCUT2D eigenvalue weighted by Gasteiger charge is 2.12. The summed E-state index contributed by atoms with van der Waals surface area (Å²) in [5.74, 6) is 1.77. The minimum absolute atomic E-state index is 0.304. The van der Waals surface area contributed by atoms with Gasteiger partial charge in [0.05, 0.1) is 5.84 Å². The van der Waals surface area contributed by atoms with E-state index in [1.54, 1.807) is 0 Å². The van der Waals surface area contributed by atoms with Gasteiger partial charge in [0.25, 0.3) is 0 Å². The predicted molar refractivity (Wildman–Crippen MR) is 71.9 cm³/mol. The van der Waals surface area contributed by atoms with Crippen molar-refractivity contribution < 1.29 is 0 Å². The summed E-state index contributed by atoms with van der Waals surface area (Å²) >= 11 is 0. The van der Waals surface area contributed by atoms with Gasteiger partial charge in [-0.15, -0.1) is 0 Å². The van der Waals surface area contributed by atoms with E-state index in [0.29, 0.717) is 18.2 Å². The van der Waals surface area contributed by atoms with Crippen molar-refractivity contribution in [2.24, 2.45) is 17.6 Å². The van der Waals surface area contributed by atoms with Gasteiger partial charge in [0.1, 0.15) is 0 Å². The smallest absolute Gasteiger partial charge is 0.0918 e.